The molecule has 15 heteroatoms. The summed E-state index contributed by atoms with van der Waals surface area (Å²) in [7, 11) is 0. The zero-order valence-corrected chi connectivity index (χ0v) is 33.0. The van der Waals surface area contributed by atoms with Crippen molar-refractivity contribution < 1.29 is 71.3 Å². The van der Waals surface area contributed by atoms with E-state index in [2.05, 4.69) is 19.7 Å². The normalized spacial score (nSPS) is 11.6. The van der Waals surface area contributed by atoms with Crippen LogP contribution in [0.2, 0.25) is 0 Å². The molecule has 15 nitrogen and oxygen atoms in total. The van der Waals surface area contributed by atoms with Gasteiger partial charge in [0.05, 0.1) is 39.6 Å². The van der Waals surface area contributed by atoms with Gasteiger partial charge in [-0.15, -0.1) is 0 Å². The Bertz CT molecular complexity index is 1600. The highest BCUT2D eigenvalue weighted by molar-refractivity contribution is 5.87. The van der Waals surface area contributed by atoms with Crippen LogP contribution in [0, 0.1) is 0 Å². The van der Waals surface area contributed by atoms with Crippen molar-refractivity contribution in [3.05, 3.63) is 91.1 Å². The molecule has 2 aromatic carbocycles. The Morgan fingerprint density at radius 3 is 1.40 bits per heavy atom. The average Bonchev–Trinajstić information content (AvgIpc) is 3.18. The van der Waals surface area contributed by atoms with E-state index in [0.717, 1.165) is 0 Å². The van der Waals surface area contributed by atoms with Crippen molar-refractivity contribution in [3.8, 4) is 17.2 Å². The molecule has 0 aliphatic carbocycles. The third kappa shape index (κ3) is 22.5. The lowest BCUT2D eigenvalue weighted by Crippen LogP contribution is -2.30. The van der Waals surface area contributed by atoms with Crippen LogP contribution in [0.1, 0.15) is 46.5 Å². The van der Waals surface area contributed by atoms with Crippen molar-refractivity contribution in [1.29, 1.82) is 0 Å². The van der Waals surface area contributed by atoms with Gasteiger partial charge in [-0.3, -0.25) is 9.59 Å². The van der Waals surface area contributed by atoms with Gasteiger partial charge in [0.1, 0.15) is 43.7 Å². The molecule has 0 amide bonds. The van der Waals surface area contributed by atoms with Gasteiger partial charge in [0, 0.05) is 35.6 Å². The average molecular weight is 799 g/mol. The maximum Gasteiger partial charge on any atom is 0.333 e. The first-order valence-corrected chi connectivity index (χ1v) is 18.4. The number of ether oxygens (including phenoxy) is 10. The Morgan fingerprint density at radius 1 is 0.491 bits per heavy atom. The summed E-state index contributed by atoms with van der Waals surface area (Å²) in [5.41, 5.74) is 0.729. The number of para-hydroxylation sites is 1. The Hall–Kier alpha value is -5.67. The highest BCUT2D eigenvalue weighted by atomic mass is 16.6. The second-order valence-electron chi connectivity index (χ2n) is 12.6. The number of carbonyl (C=O) groups excluding carboxylic acids is 5. The quantitative estimate of drug-likeness (QED) is 0.0430. The predicted molar refractivity (Wildman–Crippen MR) is 207 cm³/mol. The minimum atomic E-state index is -0.888. The van der Waals surface area contributed by atoms with Crippen LogP contribution in [-0.2, 0) is 57.1 Å². The Balaban J connectivity index is 1.76. The molecular weight excluding hydrogens is 744 g/mol. The Morgan fingerprint density at radius 2 is 0.930 bits per heavy atom. The van der Waals surface area contributed by atoms with E-state index >= 15 is 0 Å². The highest BCUT2D eigenvalue weighted by Gasteiger charge is 2.19. The molecule has 0 spiro atoms. The molecule has 2 aromatic rings. The molecular formula is C42H54O15. The molecule has 0 aliphatic heterocycles. The first-order chi connectivity index (χ1) is 27.3. The predicted octanol–water partition coefficient (Wildman–Crippen LogP) is 5.30. The second-order valence-corrected chi connectivity index (χ2v) is 12.6. The molecule has 0 heterocycles. The zero-order chi connectivity index (χ0) is 41.8. The molecule has 0 saturated carbocycles. The van der Waals surface area contributed by atoms with Crippen LogP contribution in [0.15, 0.2) is 91.1 Å². The van der Waals surface area contributed by atoms with E-state index in [1.54, 1.807) is 43.3 Å². The molecule has 2 atom stereocenters. The van der Waals surface area contributed by atoms with Gasteiger partial charge in [0.2, 0.25) is 0 Å². The molecule has 0 fully saturated rings. The van der Waals surface area contributed by atoms with Crippen molar-refractivity contribution in [1.82, 2.24) is 0 Å². The standard InChI is InChI=1S/C42H54O15/c1-30(2)40(45)52-19-11-17-38(43)56-36(28-54-33-13-8-7-9-14-33)26-48-21-23-50-34-15-10-16-35(25-34)51-24-22-49-27-37(29-55-42(47)32(5)6)57-39(44)18-12-20-53-41(46)31(3)4/h7-10,13-16,25,36-37H,1,3,5,11-12,17-24,26-29H2,2,4,6H3. The minimum Gasteiger partial charge on any atom is -0.491 e. The fraction of sp³-hybridized carbons (Fsp3) is 0.452. The van der Waals surface area contributed by atoms with Crippen LogP contribution in [0.4, 0.5) is 0 Å². The van der Waals surface area contributed by atoms with E-state index in [4.69, 9.17) is 47.4 Å². The molecule has 2 rings (SSSR count). The van der Waals surface area contributed by atoms with Crippen molar-refractivity contribution in [3.63, 3.8) is 0 Å². The van der Waals surface area contributed by atoms with Crippen molar-refractivity contribution >= 4 is 29.8 Å². The lowest BCUT2D eigenvalue weighted by atomic mass is 10.3. The fourth-order valence-electron chi connectivity index (χ4n) is 4.25. The number of carbonyl (C=O) groups is 5. The lowest BCUT2D eigenvalue weighted by molar-refractivity contribution is -0.161. The van der Waals surface area contributed by atoms with E-state index in [1.807, 2.05) is 18.2 Å². The molecule has 0 saturated heterocycles. The van der Waals surface area contributed by atoms with Crippen LogP contribution in [0.25, 0.3) is 0 Å². The summed E-state index contributed by atoms with van der Waals surface area (Å²) < 4.78 is 54.9. The van der Waals surface area contributed by atoms with Gasteiger partial charge in [0.25, 0.3) is 0 Å². The number of rotatable bonds is 30. The SMILES string of the molecule is C=C(C)C(=O)OCCCC(=O)OC(COCCOc1cccc(OCCOCC(COc2ccccc2)OC(=O)CCCOC(=O)C(=C)C)c1)COC(=O)C(=C)C. The first-order valence-electron chi connectivity index (χ1n) is 18.4. The molecule has 0 N–H and O–H groups in total. The zero-order valence-electron chi connectivity index (χ0n) is 33.0. The van der Waals surface area contributed by atoms with Crippen molar-refractivity contribution in [2.75, 3.05) is 66.1 Å². The van der Waals surface area contributed by atoms with Gasteiger partial charge < -0.3 is 47.4 Å². The van der Waals surface area contributed by atoms with Crippen LogP contribution in [0.3, 0.4) is 0 Å². The van der Waals surface area contributed by atoms with E-state index in [-0.39, 0.29) is 102 Å². The third-order valence-electron chi connectivity index (χ3n) is 7.14. The number of hydrogen-bond acceptors (Lipinski definition) is 15. The molecule has 2 unspecified atom stereocenters. The highest BCUT2D eigenvalue weighted by Crippen LogP contribution is 2.19. The van der Waals surface area contributed by atoms with Crippen molar-refractivity contribution in [2.45, 2.75) is 58.7 Å². The van der Waals surface area contributed by atoms with E-state index in [1.165, 1.54) is 13.8 Å². The maximum absolute atomic E-state index is 12.5. The van der Waals surface area contributed by atoms with Gasteiger partial charge >= 0.3 is 29.8 Å². The van der Waals surface area contributed by atoms with Crippen molar-refractivity contribution in [2.24, 2.45) is 0 Å². The number of benzene rings is 2. The van der Waals surface area contributed by atoms with Gasteiger partial charge in [-0.2, -0.15) is 0 Å². The van der Waals surface area contributed by atoms with Crippen LogP contribution < -0.4 is 14.2 Å². The molecule has 0 bridgehead atoms. The van der Waals surface area contributed by atoms with E-state index in [9.17, 15) is 24.0 Å². The second kappa shape index (κ2) is 27.8. The number of esters is 5. The van der Waals surface area contributed by atoms with Gasteiger partial charge in [-0.05, 0) is 57.9 Å². The minimum absolute atomic E-state index is 0.0233. The summed E-state index contributed by atoms with van der Waals surface area (Å²) in [6, 6.07) is 16.0. The van der Waals surface area contributed by atoms with Gasteiger partial charge in [-0.25, -0.2) is 14.4 Å². The summed E-state index contributed by atoms with van der Waals surface area (Å²) in [6.07, 6.45) is -1.04. The van der Waals surface area contributed by atoms with Gasteiger partial charge in [-0.1, -0.05) is 44.0 Å². The maximum atomic E-state index is 12.5. The van der Waals surface area contributed by atoms with Gasteiger partial charge in [0.15, 0.2) is 12.2 Å². The molecule has 0 aliphatic rings. The third-order valence-corrected chi connectivity index (χ3v) is 7.14. The Labute approximate surface area is 333 Å². The molecule has 57 heavy (non-hydrogen) atoms. The van der Waals surface area contributed by atoms with E-state index < -0.39 is 42.1 Å². The summed E-state index contributed by atoms with van der Waals surface area (Å²) in [4.78, 5) is 59.8. The summed E-state index contributed by atoms with van der Waals surface area (Å²) >= 11 is 0. The summed E-state index contributed by atoms with van der Waals surface area (Å²) in [6.45, 7) is 15.7. The molecule has 0 radical (unpaired) electrons. The monoisotopic (exact) mass is 798 g/mol. The van der Waals surface area contributed by atoms with Crippen LogP contribution >= 0.6 is 0 Å². The number of hydrogen-bond donors (Lipinski definition) is 0. The lowest BCUT2D eigenvalue weighted by Gasteiger charge is -2.19. The Kier molecular flexibility index (Phi) is 23.2. The van der Waals surface area contributed by atoms with Crippen LogP contribution in [0.5, 0.6) is 17.2 Å². The summed E-state index contributed by atoms with van der Waals surface area (Å²) in [5.74, 6) is -1.09. The molecule has 0 aromatic heterocycles. The largest absolute Gasteiger partial charge is 0.491 e. The van der Waals surface area contributed by atoms with E-state index in [0.29, 0.717) is 23.7 Å². The summed E-state index contributed by atoms with van der Waals surface area (Å²) in [5, 5.41) is 0. The first kappa shape index (κ1) is 47.5. The molecule has 312 valence electrons. The topological polar surface area (TPSA) is 178 Å². The van der Waals surface area contributed by atoms with Crippen LogP contribution in [-0.4, -0.2) is 108 Å². The smallest absolute Gasteiger partial charge is 0.333 e. The fourth-order valence-corrected chi connectivity index (χ4v) is 4.25.